The molecule has 3 rings (SSSR count). The molecule has 0 fully saturated rings. The van der Waals surface area contributed by atoms with Gasteiger partial charge in [-0.3, -0.25) is 14.2 Å². The Morgan fingerprint density at radius 1 is 1.38 bits per heavy atom. The van der Waals surface area contributed by atoms with E-state index in [1.807, 2.05) is 30.4 Å². The highest BCUT2D eigenvalue weighted by molar-refractivity contribution is 5.97. The number of hydrogen-bond acceptors (Lipinski definition) is 2. The topological polar surface area (TPSA) is 38.1 Å². The minimum Gasteiger partial charge on any atom is -0.339 e. The van der Waals surface area contributed by atoms with E-state index in [4.69, 9.17) is 0 Å². The normalized spacial score (nSPS) is 15.2. The van der Waals surface area contributed by atoms with Crippen molar-refractivity contribution in [1.29, 1.82) is 0 Å². The van der Waals surface area contributed by atoms with Gasteiger partial charge in [-0.25, -0.2) is 0 Å². The Morgan fingerprint density at radius 3 is 3.00 bits per heavy atom. The average Bonchev–Trinajstić information content (AvgIpc) is 2.90. The molecule has 0 aliphatic carbocycles. The number of allylic oxidation sites excluding steroid dienone is 2. The van der Waals surface area contributed by atoms with Crippen molar-refractivity contribution in [1.82, 2.24) is 14.5 Å². The summed E-state index contributed by atoms with van der Waals surface area (Å²) in [5.74, 6) is 0.00305. The van der Waals surface area contributed by atoms with Crippen LogP contribution < -0.4 is 0 Å². The number of pyridine rings is 1. The number of halogens is 1. The molecule has 0 saturated carbocycles. The number of amides is 1. The molecule has 5 heteroatoms. The number of fused-ring (bicyclic) bond motifs is 3. The molecule has 2 aromatic rings. The summed E-state index contributed by atoms with van der Waals surface area (Å²) in [4.78, 5) is 18.1. The zero-order valence-electron chi connectivity index (χ0n) is 13.7. The number of aryl methyl sites for hydroxylation is 1. The van der Waals surface area contributed by atoms with Gasteiger partial charge in [0.05, 0.1) is 23.4 Å². The maximum absolute atomic E-state index is 12.7. The van der Waals surface area contributed by atoms with Crippen molar-refractivity contribution in [3.8, 4) is 0 Å². The van der Waals surface area contributed by atoms with E-state index in [-0.39, 0.29) is 12.6 Å². The first-order valence-electron chi connectivity index (χ1n) is 7.96. The van der Waals surface area contributed by atoms with Crippen LogP contribution in [0.3, 0.4) is 0 Å². The second kappa shape index (κ2) is 6.83. The Bertz CT molecular complexity index is 848. The molecule has 0 radical (unpaired) electrons. The third-order valence-corrected chi connectivity index (χ3v) is 4.16. The first-order chi connectivity index (χ1) is 11.6. The van der Waals surface area contributed by atoms with Gasteiger partial charge in [-0.2, -0.15) is 0 Å². The molecule has 1 aliphatic heterocycles. The fourth-order valence-electron chi connectivity index (χ4n) is 2.93. The predicted octanol–water partition coefficient (Wildman–Crippen LogP) is 3.80. The van der Waals surface area contributed by atoms with Gasteiger partial charge in [0.1, 0.15) is 0 Å². The van der Waals surface area contributed by atoms with Crippen molar-refractivity contribution in [2.45, 2.75) is 19.4 Å². The van der Waals surface area contributed by atoms with E-state index >= 15 is 0 Å². The second-order valence-corrected chi connectivity index (χ2v) is 5.78. The van der Waals surface area contributed by atoms with Crippen LogP contribution in [0.2, 0.25) is 0 Å². The Kier molecular flexibility index (Phi) is 4.60. The van der Waals surface area contributed by atoms with E-state index in [2.05, 4.69) is 16.1 Å². The second-order valence-electron chi connectivity index (χ2n) is 5.78. The third kappa shape index (κ3) is 2.89. The summed E-state index contributed by atoms with van der Waals surface area (Å²) in [6.45, 7) is 4.33. The lowest BCUT2D eigenvalue weighted by Crippen LogP contribution is -2.19. The van der Waals surface area contributed by atoms with Crippen LogP contribution in [0, 0.1) is 0 Å². The van der Waals surface area contributed by atoms with Gasteiger partial charge in [0.2, 0.25) is 5.91 Å². The van der Waals surface area contributed by atoms with E-state index in [1.165, 1.54) is 0 Å². The fourth-order valence-corrected chi connectivity index (χ4v) is 2.93. The van der Waals surface area contributed by atoms with Crippen molar-refractivity contribution in [2.24, 2.45) is 0 Å². The van der Waals surface area contributed by atoms with E-state index in [9.17, 15) is 9.18 Å². The van der Waals surface area contributed by atoms with E-state index < -0.39 is 0 Å². The van der Waals surface area contributed by atoms with Gasteiger partial charge in [0.15, 0.2) is 0 Å². The zero-order chi connectivity index (χ0) is 17.1. The quantitative estimate of drug-likeness (QED) is 0.861. The number of rotatable bonds is 3. The number of aromatic nitrogens is 2. The van der Waals surface area contributed by atoms with Gasteiger partial charge in [-0.05, 0) is 36.3 Å². The van der Waals surface area contributed by atoms with E-state index in [0.717, 1.165) is 27.9 Å². The average molecular weight is 325 g/mol. The number of nitrogens with zero attached hydrogens (tertiary/aromatic N) is 3. The van der Waals surface area contributed by atoms with Gasteiger partial charge >= 0.3 is 0 Å². The Hall–Kier alpha value is -2.69. The maximum Gasteiger partial charge on any atom is 0.230 e. The highest BCUT2D eigenvalue weighted by atomic mass is 19.1. The van der Waals surface area contributed by atoms with E-state index in [1.54, 1.807) is 24.3 Å². The minimum atomic E-state index is -0.372. The summed E-state index contributed by atoms with van der Waals surface area (Å²) < 4.78 is 14.8. The van der Waals surface area contributed by atoms with Crippen LogP contribution in [0.25, 0.3) is 22.7 Å². The lowest BCUT2D eigenvalue weighted by atomic mass is 10.0. The summed E-state index contributed by atoms with van der Waals surface area (Å²) in [7, 11) is 1.73. The SMILES string of the molecule is C=C1C=CN(C)C(=O)CC=Cc2c1c1ncccc1n2CCCF. The minimum absolute atomic E-state index is 0.00305. The van der Waals surface area contributed by atoms with Gasteiger partial charge < -0.3 is 9.47 Å². The smallest absolute Gasteiger partial charge is 0.230 e. The Morgan fingerprint density at radius 2 is 2.21 bits per heavy atom. The molecule has 0 unspecified atom stereocenters. The number of hydrogen-bond donors (Lipinski definition) is 0. The van der Waals surface area contributed by atoms with Crippen LogP contribution in [0.4, 0.5) is 4.39 Å². The van der Waals surface area contributed by atoms with Gasteiger partial charge in [0, 0.05) is 38.0 Å². The molecule has 2 aromatic heterocycles. The summed E-state index contributed by atoms with van der Waals surface area (Å²) in [5, 5.41) is 0. The largest absolute Gasteiger partial charge is 0.339 e. The highest BCUT2D eigenvalue weighted by Gasteiger charge is 2.18. The molecule has 1 aliphatic rings. The van der Waals surface area contributed by atoms with Crippen LogP contribution in [-0.2, 0) is 11.3 Å². The summed E-state index contributed by atoms with van der Waals surface area (Å²) in [5.41, 5.74) is 4.43. The Balaban J connectivity index is 2.24. The highest BCUT2D eigenvalue weighted by Crippen LogP contribution is 2.32. The fraction of sp³-hybridized carbons (Fsp3) is 0.263. The van der Waals surface area contributed by atoms with Crippen molar-refractivity contribution in [3.63, 3.8) is 0 Å². The first-order valence-corrected chi connectivity index (χ1v) is 7.96. The molecule has 0 N–H and O–H groups in total. The lowest BCUT2D eigenvalue weighted by Gasteiger charge is -2.13. The summed E-state index contributed by atoms with van der Waals surface area (Å²) >= 11 is 0. The molecule has 0 saturated heterocycles. The van der Waals surface area contributed by atoms with Crippen LogP contribution in [0.1, 0.15) is 24.1 Å². The Labute approximate surface area is 140 Å². The molecule has 124 valence electrons. The molecule has 0 atom stereocenters. The van der Waals surface area contributed by atoms with Crippen LogP contribution in [0.15, 0.2) is 43.3 Å². The molecular weight excluding hydrogens is 305 g/mol. The summed E-state index contributed by atoms with van der Waals surface area (Å²) in [6, 6.07) is 3.86. The lowest BCUT2D eigenvalue weighted by molar-refractivity contribution is -0.126. The molecule has 1 amide bonds. The summed E-state index contributed by atoms with van der Waals surface area (Å²) in [6.07, 6.45) is 9.80. The zero-order valence-corrected chi connectivity index (χ0v) is 13.7. The standard InChI is InChI=1S/C19H20FN3O/c1-14-9-13-22(2)17(24)8-3-6-15-18(14)19-16(7-4-11-21-19)23(15)12-5-10-20/h3-4,6-7,9,11,13H,1,5,8,10,12H2,2H3. The molecule has 0 bridgehead atoms. The number of alkyl halides is 1. The van der Waals surface area contributed by atoms with Gasteiger partial charge in [-0.15, -0.1) is 0 Å². The molecule has 3 heterocycles. The number of carbonyl (C=O) groups excluding carboxylic acids is 1. The number of carbonyl (C=O) groups is 1. The van der Waals surface area contributed by atoms with E-state index in [0.29, 0.717) is 19.4 Å². The van der Waals surface area contributed by atoms with Crippen LogP contribution in [-0.4, -0.2) is 34.1 Å². The maximum atomic E-state index is 12.7. The third-order valence-electron chi connectivity index (χ3n) is 4.16. The monoisotopic (exact) mass is 325 g/mol. The van der Waals surface area contributed by atoms with Crippen LogP contribution >= 0.6 is 0 Å². The van der Waals surface area contributed by atoms with Crippen molar-refractivity contribution >= 4 is 28.6 Å². The van der Waals surface area contributed by atoms with Crippen molar-refractivity contribution in [2.75, 3.05) is 13.7 Å². The van der Waals surface area contributed by atoms with Crippen LogP contribution in [0.5, 0.6) is 0 Å². The molecular formula is C19H20FN3O. The molecule has 24 heavy (non-hydrogen) atoms. The predicted molar refractivity (Wildman–Crippen MR) is 94.9 cm³/mol. The molecule has 4 nitrogen and oxygen atoms in total. The van der Waals surface area contributed by atoms with Crippen molar-refractivity contribution in [3.05, 3.63) is 54.5 Å². The first kappa shape index (κ1) is 16.2. The van der Waals surface area contributed by atoms with Gasteiger partial charge in [-0.1, -0.05) is 12.7 Å². The van der Waals surface area contributed by atoms with Crippen molar-refractivity contribution < 1.29 is 9.18 Å². The van der Waals surface area contributed by atoms with Gasteiger partial charge in [0.25, 0.3) is 0 Å². The molecule has 0 aromatic carbocycles. The molecule has 0 spiro atoms.